The van der Waals surface area contributed by atoms with Crippen molar-refractivity contribution in [2.45, 2.75) is 34.1 Å². The van der Waals surface area contributed by atoms with Gasteiger partial charge in [0.2, 0.25) is 0 Å². The Labute approximate surface area is 105 Å². The van der Waals surface area contributed by atoms with Crippen molar-refractivity contribution >= 4 is 0 Å². The highest BCUT2D eigenvalue weighted by molar-refractivity contribution is 5.35. The fourth-order valence-electron chi connectivity index (χ4n) is 1.43. The number of hydrogen-bond acceptors (Lipinski definition) is 1. The molecule has 0 aliphatic carbocycles. The molecule has 1 rings (SSSR count). The third kappa shape index (κ3) is 5.39. The van der Waals surface area contributed by atoms with Gasteiger partial charge in [-0.05, 0) is 51.8 Å². The molecule has 0 atom stereocenters. The Morgan fingerprint density at radius 2 is 1.65 bits per heavy atom. The fourth-order valence-corrected chi connectivity index (χ4v) is 1.43. The molecule has 0 aromatic heterocycles. The summed E-state index contributed by atoms with van der Waals surface area (Å²) in [5, 5.41) is 0. The summed E-state index contributed by atoms with van der Waals surface area (Å²) in [6, 6.07) is 8.23. The second-order valence-corrected chi connectivity index (χ2v) is 4.69. The van der Waals surface area contributed by atoms with Crippen molar-refractivity contribution in [3.05, 3.63) is 53.1 Å². The molecule has 0 N–H and O–H groups in total. The van der Waals surface area contributed by atoms with Crippen LogP contribution in [0.2, 0.25) is 0 Å². The van der Waals surface area contributed by atoms with Crippen molar-refractivity contribution in [2.24, 2.45) is 0 Å². The molecular formula is C16H22O. The highest BCUT2D eigenvalue weighted by atomic mass is 16.5. The number of benzene rings is 1. The van der Waals surface area contributed by atoms with Crippen LogP contribution in [0.15, 0.2) is 47.6 Å². The lowest BCUT2D eigenvalue weighted by atomic mass is 10.1. The molecule has 0 saturated heterocycles. The first-order chi connectivity index (χ1) is 8.09. The minimum absolute atomic E-state index is 0.647. The predicted octanol–water partition coefficient (Wildman–Crippen LogP) is 4.54. The number of hydrogen-bond donors (Lipinski definition) is 0. The van der Waals surface area contributed by atoms with E-state index in [1.54, 1.807) is 0 Å². The maximum atomic E-state index is 5.77. The van der Waals surface area contributed by atoms with Gasteiger partial charge in [-0.3, -0.25) is 0 Å². The Balaban J connectivity index is 2.70. The molecule has 0 radical (unpaired) electrons. The summed E-state index contributed by atoms with van der Waals surface area (Å²) in [5.74, 6) is 0.988. The lowest BCUT2D eigenvalue weighted by molar-refractivity contribution is 0.358. The SMILES string of the molecule is CC(C)=CCOc1ccccc1CC=C(C)C. The Morgan fingerprint density at radius 1 is 1.00 bits per heavy atom. The van der Waals surface area contributed by atoms with Crippen molar-refractivity contribution in [1.29, 1.82) is 0 Å². The Kier molecular flexibility index (Phi) is 5.55. The first-order valence-corrected chi connectivity index (χ1v) is 6.07. The molecule has 17 heavy (non-hydrogen) atoms. The molecule has 0 fully saturated rings. The van der Waals surface area contributed by atoms with E-state index in [-0.39, 0.29) is 0 Å². The zero-order valence-corrected chi connectivity index (χ0v) is 11.3. The smallest absolute Gasteiger partial charge is 0.123 e. The quantitative estimate of drug-likeness (QED) is 0.675. The van der Waals surface area contributed by atoms with Gasteiger partial charge >= 0.3 is 0 Å². The van der Waals surface area contributed by atoms with E-state index in [1.807, 2.05) is 12.1 Å². The minimum atomic E-state index is 0.647. The van der Waals surface area contributed by atoms with Crippen molar-refractivity contribution in [3.63, 3.8) is 0 Å². The van der Waals surface area contributed by atoms with Crippen LogP contribution >= 0.6 is 0 Å². The lowest BCUT2D eigenvalue weighted by Gasteiger charge is -2.08. The summed E-state index contributed by atoms with van der Waals surface area (Å²) in [7, 11) is 0. The highest BCUT2D eigenvalue weighted by Gasteiger charge is 2.00. The first-order valence-electron chi connectivity index (χ1n) is 6.07. The van der Waals surface area contributed by atoms with Crippen molar-refractivity contribution in [3.8, 4) is 5.75 Å². The largest absolute Gasteiger partial charge is 0.489 e. The average molecular weight is 230 g/mol. The normalized spacial score (nSPS) is 9.65. The van der Waals surface area contributed by atoms with E-state index in [2.05, 4.69) is 52.0 Å². The molecule has 0 amide bonds. The van der Waals surface area contributed by atoms with Crippen LogP contribution in [0.5, 0.6) is 5.75 Å². The van der Waals surface area contributed by atoms with Crippen LogP contribution in [-0.2, 0) is 6.42 Å². The third-order valence-corrected chi connectivity index (χ3v) is 2.43. The van der Waals surface area contributed by atoms with Gasteiger partial charge in [-0.1, -0.05) is 35.4 Å². The maximum absolute atomic E-state index is 5.77. The van der Waals surface area contributed by atoms with E-state index in [0.717, 1.165) is 12.2 Å². The van der Waals surface area contributed by atoms with E-state index in [4.69, 9.17) is 4.74 Å². The Morgan fingerprint density at radius 3 is 2.29 bits per heavy atom. The highest BCUT2D eigenvalue weighted by Crippen LogP contribution is 2.19. The third-order valence-electron chi connectivity index (χ3n) is 2.43. The Hall–Kier alpha value is -1.50. The van der Waals surface area contributed by atoms with E-state index >= 15 is 0 Å². The molecule has 1 nitrogen and oxygen atoms in total. The van der Waals surface area contributed by atoms with E-state index in [1.165, 1.54) is 16.7 Å². The number of allylic oxidation sites excluding steroid dienone is 3. The second-order valence-electron chi connectivity index (χ2n) is 4.69. The average Bonchev–Trinajstić information content (AvgIpc) is 2.27. The number of rotatable bonds is 5. The fraction of sp³-hybridized carbons (Fsp3) is 0.375. The zero-order valence-electron chi connectivity index (χ0n) is 11.3. The van der Waals surface area contributed by atoms with Gasteiger partial charge in [0.05, 0.1) is 0 Å². The summed E-state index contributed by atoms with van der Waals surface area (Å²) in [6.07, 6.45) is 5.26. The Bertz CT molecular complexity index is 405. The van der Waals surface area contributed by atoms with Crippen LogP contribution in [0.25, 0.3) is 0 Å². The standard InChI is InChI=1S/C16H22O/c1-13(2)9-10-15-7-5-6-8-16(15)17-12-11-14(3)4/h5-9,11H,10,12H2,1-4H3. The van der Waals surface area contributed by atoms with Crippen molar-refractivity contribution in [2.75, 3.05) is 6.61 Å². The van der Waals surface area contributed by atoms with Gasteiger partial charge in [0.1, 0.15) is 12.4 Å². The van der Waals surface area contributed by atoms with E-state index < -0.39 is 0 Å². The predicted molar refractivity (Wildman–Crippen MR) is 74.5 cm³/mol. The first kappa shape index (κ1) is 13.6. The molecule has 0 heterocycles. The molecular weight excluding hydrogens is 208 g/mol. The van der Waals surface area contributed by atoms with Crippen LogP contribution in [-0.4, -0.2) is 6.61 Å². The molecule has 0 unspecified atom stereocenters. The topological polar surface area (TPSA) is 9.23 Å². The van der Waals surface area contributed by atoms with E-state index in [9.17, 15) is 0 Å². The summed E-state index contributed by atoms with van der Waals surface area (Å²) < 4.78 is 5.77. The van der Waals surface area contributed by atoms with Gasteiger partial charge in [0, 0.05) is 0 Å². The summed E-state index contributed by atoms with van der Waals surface area (Å²) >= 11 is 0. The van der Waals surface area contributed by atoms with Crippen LogP contribution in [0.3, 0.4) is 0 Å². The monoisotopic (exact) mass is 230 g/mol. The van der Waals surface area contributed by atoms with Crippen LogP contribution in [0.1, 0.15) is 33.3 Å². The van der Waals surface area contributed by atoms with Gasteiger partial charge in [0.25, 0.3) is 0 Å². The molecule has 0 bridgehead atoms. The van der Waals surface area contributed by atoms with Gasteiger partial charge in [-0.25, -0.2) is 0 Å². The van der Waals surface area contributed by atoms with E-state index in [0.29, 0.717) is 6.61 Å². The van der Waals surface area contributed by atoms with Crippen LogP contribution in [0, 0.1) is 0 Å². The van der Waals surface area contributed by atoms with Crippen LogP contribution < -0.4 is 4.74 Å². The van der Waals surface area contributed by atoms with Gasteiger partial charge in [0.15, 0.2) is 0 Å². The molecule has 0 saturated carbocycles. The van der Waals surface area contributed by atoms with Crippen LogP contribution in [0.4, 0.5) is 0 Å². The summed E-state index contributed by atoms with van der Waals surface area (Å²) in [6.45, 7) is 9.05. The molecule has 0 spiro atoms. The zero-order chi connectivity index (χ0) is 12.7. The second kappa shape index (κ2) is 6.95. The number of para-hydroxylation sites is 1. The molecule has 1 heteroatoms. The van der Waals surface area contributed by atoms with Crippen molar-refractivity contribution < 1.29 is 4.74 Å². The summed E-state index contributed by atoms with van der Waals surface area (Å²) in [5.41, 5.74) is 3.87. The van der Waals surface area contributed by atoms with Gasteiger partial charge < -0.3 is 4.74 Å². The molecule has 92 valence electrons. The van der Waals surface area contributed by atoms with Crippen molar-refractivity contribution in [1.82, 2.24) is 0 Å². The number of ether oxygens (including phenoxy) is 1. The maximum Gasteiger partial charge on any atom is 0.123 e. The minimum Gasteiger partial charge on any atom is -0.489 e. The summed E-state index contributed by atoms with van der Waals surface area (Å²) in [4.78, 5) is 0. The molecule has 1 aromatic rings. The van der Waals surface area contributed by atoms with Gasteiger partial charge in [-0.15, -0.1) is 0 Å². The molecule has 1 aromatic carbocycles. The molecule has 0 aliphatic heterocycles. The lowest BCUT2D eigenvalue weighted by Crippen LogP contribution is -1.97. The van der Waals surface area contributed by atoms with Gasteiger partial charge in [-0.2, -0.15) is 0 Å². The molecule has 0 aliphatic rings.